The normalized spacial score (nSPS) is 14.7. The van der Waals surface area contributed by atoms with Crippen LogP contribution < -0.4 is 0 Å². The number of halogens is 7. The molecule has 0 unspecified atom stereocenters. The summed E-state index contributed by atoms with van der Waals surface area (Å²) in [6.45, 7) is -2.90. The molecule has 10 heteroatoms. The molecule has 0 amide bonds. The lowest BCUT2D eigenvalue weighted by atomic mass is 10.3. The topological polar surface area (TPSA) is 26.3 Å². The molecule has 13 heavy (non-hydrogen) atoms. The largest absolute Gasteiger partial charge is 0.556 e. The number of rotatable bonds is 4. The molecular weight excluding hydrogens is 232 g/mol. The van der Waals surface area contributed by atoms with Crippen LogP contribution in [0.4, 0.5) is 30.3 Å². The second kappa shape index (κ2) is 3.45. The summed E-state index contributed by atoms with van der Waals surface area (Å²) < 4.78 is 92.2. The van der Waals surface area contributed by atoms with Crippen molar-refractivity contribution in [2.75, 3.05) is 6.67 Å². The first kappa shape index (κ1) is 12.7. The van der Waals surface area contributed by atoms with E-state index >= 15 is 0 Å². The second-order valence-electron chi connectivity index (χ2n) is 1.86. The summed E-state index contributed by atoms with van der Waals surface area (Å²) in [6.07, 6.45) is -5.79. The highest BCUT2D eigenvalue weighted by molar-refractivity contribution is 7.47. The molecule has 0 N–H and O–H groups in total. The van der Waals surface area contributed by atoms with Crippen LogP contribution in [0.5, 0.6) is 0 Å². The van der Waals surface area contributed by atoms with Gasteiger partial charge in [0.25, 0.3) is 0 Å². The molecule has 0 aliphatic rings. The van der Waals surface area contributed by atoms with Gasteiger partial charge in [0.2, 0.25) is 0 Å². The molecule has 0 radical (unpaired) electrons. The van der Waals surface area contributed by atoms with Crippen molar-refractivity contribution in [1.29, 1.82) is 0 Å². The number of hydrogen-bond donors (Lipinski definition) is 0. The van der Waals surface area contributed by atoms with Gasteiger partial charge in [0.1, 0.15) is 0 Å². The lowest BCUT2D eigenvalue weighted by molar-refractivity contribution is -0.315. The van der Waals surface area contributed by atoms with Crippen molar-refractivity contribution in [2.45, 2.75) is 12.0 Å². The molecule has 0 aromatic rings. The average Bonchev–Trinajstić information content (AvgIpc) is 1.81. The third kappa shape index (κ3) is 3.51. The first-order chi connectivity index (χ1) is 5.52. The summed E-state index contributed by atoms with van der Waals surface area (Å²) in [5, 5.41) is 0. The lowest BCUT2D eigenvalue weighted by Crippen LogP contribution is -2.43. The quantitative estimate of drug-likeness (QED) is 0.551. The molecule has 0 aromatic carbocycles. The van der Waals surface area contributed by atoms with Gasteiger partial charge in [-0.1, -0.05) is 0 Å². The van der Waals surface area contributed by atoms with Crippen LogP contribution in [0.1, 0.15) is 0 Å². The van der Waals surface area contributed by atoms with Crippen molar-refractivity contribution in [1.82, 2.24) is 0 Å². The maximum atomic E-state index is 11.8. The molecule has 0 fully saturated rings. The number of hydrogen-bond acceptors (Lipinski definition) is 2. The average molecular weight is 234 g/mol. The van der Waals surface area contributed by atoms with E-state index in [2.05, 4.69) is 0 Å². The van der Waals surface area contributed by atoms with E-state index in [0.29, 0.717) is 0 Å². The minimum atomic E-state index is -6.79. The van der Waals surface area contributed by atoms with Gasteiger partial charge in [-0.3, -0.25) is 0 Å². The maximum absolute atomic E-state index is 11.8. The third-order valence-corrected chi connectivity index (χ3v) is 1.26. The van der Waals surface area contributed by atoms with Crippen LogP contribution in [-0.4, -0.2) is 18.7 Å². The molecule has 0 spiro atoms. The molecule has 0 aliphatic heterocycles. The van der Waals surface area contributed by atoms with E-state index in [1.54, 1.807) is 0 Å². The zero-order chi connectivity index (χ0) is 10.9. The van der Waals surface area contributed by atoms with Crippen molar-refractivity contribution in [3.05, 3.63) is 0 Å². The predicted octanol–water partition coefficient (Wildman–Crippen LogP) is 3.25. The van der Waals surface area contributed by atoms with Gasteiger partial charge in [-0.05, 0) is 0 Å². The van der Waals surface area contributed by atoms with E-state index < -0.39 is 26.7 Å². The summed E-state index contributed by atoms with van der Waals surface area (Å²) in [5.41, 5.74) is 0. The lowest BCUT2D eigenvalue weighted by Gasteiger charge is -2.22. The van der Waals surface area contributed by atoms with Gasteiger partial charge in [0.05, 0.1) is 0 Å². The summed E-state index contributed by atoms with van der Waals surface area (Å²) in [6, 6.07) is 0. The molecule has 2 nitrogen and oxygen atoms in total. The summed E-state index contributed by atoms with van der Waals surface area (Å²) in [4.78, 5) is 0. The van der Waals surface area contributed by atoms with E-state index in [0.717, 1.165) is 0 Å². The highest BCUT2D eigenvalue weighted by atomic mass is 31.2. The summed E-state index contributed by atoms with van der Waals surface area (Å²) in [5.74, 6) is -5.43. The van der Waals surface area contributed by atoms with Gasteiger partial charge in [0.15, 0.2) is 6.67 Å². The van der Waals surface area contributed by atoms with E-state index in [1.807, 2.05) is 4.52 Å². The molecule has 0 heterocycles. The Kier molecular flexibility index (Phi) is 3.37. The fourth-order valence-corrected chi connectivity index (χ4v) is 0.679. The Morgan fingerprint density at radius 3 is 1.77 bits per heavy atom. The molecule has 0 aromatic heterocycles. The van der Waals surface area contributed by atoms with Crippen molar-refractivity contribution >= 4 is 7.99 Å². The van der Waals surface area contributed by atoms with Crippen LogP contribution in [-0.2, 0) is 9.09 Å². The standard InChI is InChI=1S/C3H2F7O2P/c4-1-2(5,6)3(7,8)12-13(9,10)11/h1H2. The Morgan fingerprint density at radius 1 is 1.15 bits per heavy atom. The van der Waals surface area contributed by atoms with Gasteiger partial charge in [-0.15, -0.1) is 8.39 Å². The Hall–Kier alpha value is -0.300. The van der Waals surface area contributed by atoms with Crippen LogP contribution in [0.3, 0.4) is 0 Å². The van der Waals surface area contributed by atoms with Gasteiger partial charge in [0, 0.05) is 0 Å². The van der Waals surface area contributed by atoms with Gasteiger partial charge >= 0.3 is 20.0 Å². The zero-order valence-corrected chi connectivity index (χ0v) is 6.51. The smallest absolute Gasteiger partial charge is 0.244 e. The second-order valence-corrected chi connectivity index (χ2v) is 2.87. The Balaban J connectivity index is 4.68. The van der Waals surface area contributed by atoms with E-state index in [-0.39, 0.29) is 0 Å². The molecule has 0 bridgehead atoms. The van der Waals surface area contributed by atoms with Crippen LogP contribution in [0.25, 0.3) is 0 Å². The Bertz CT molecular complexity index is 222. The van der Waals surface area contributed by atoms with Crippen LogP contribution >= 0.6 is 7.99 Å². The maximum Gasteiger partial charge on any atom is 0.556 e. The molecule has 0 aliphatic carbocycles. The monoisotopic (exact) mass is 234 g/mol. The zero-order valence-electron chi connectivity index (χ0n) is 5.62. The first-order valence-electron chi connectivity index (χ1n) is 2.53. The first-order valence-corrected chi connectivity index (χ1v) is 3.94. The van der Waals surface area contributed by atoms with Crippen molar-refractivity contribution < 1.29 is 39.4 Å². The summed E-state index contributed by atoms with van der Waals surface area (Å²) in [7, 11) is -6.79. The molecular formula is C3H2F7O2P. The minimum Gasteiger partial charge on any atom is -0.244 e. The van der Waals surface area contributed by atoms with Crippen molar-refractivity contribution in [2.24, 2.45) is 0 Å². The SMILES string of the molecule is O=P(F)(F)OC(F)(F)C(F)(F)CF. The van der Waals surface area contributed by atoms with Crippen molar-refractivity contribution in [3.63, 3.8) is 0 Å². The van der Waals surface area contributed by atoms with Crippen LogP contribution in [0, 0.1) is 0 Å². The molecule has 0 atom stereocenters. The molecule has 0 saturated heterocycles. The Morgan fingerprint density at radius 2 is 1.54 bits per heavy atom. The van der Waals surface area contributed by atoms with E-state index in [4.69, 9.17) is 0 Å². The van der Waals surface area contributed by atoms with E-state index in [9.17, 15) is 34.9 Å². The van der Waals surface area contributed by atoms with Crippen molar-refractivity contribution in [3.8, 4) is 0 Å². The van der Waals surface area contributed by atoms with Crippen LogP contribution in [0.2, 0.25) is 0 Å². The van der Waals surface area contributed by atoms with Gasteiger partial charge in [-0.25, -0.2) is 13.5 Å². The fourth-order valence-electron chi connectivity index (χ4n) is 0.278. The molecule has 0 rings (SSSR count). The Labute approximate surface area is 67.4 Å². The summed E-state index contributed by atoms with van der Waals surface area (Å²) >= 11 is 0. The predicted molar refractivity (Wildman–Crippen MR) is 26.8 cm³/mol. The fraction of sp³-hybridized carbons (Fsp3) is 1.00. The molecule has 0 saturated carbocycles. The van der Waals surface area contributed by atoms with Gasteiger partial charge < -0.3 is 0 Å². The van der Waals surface area contributed by atoms with Crippen LogP contribution in [0.15, 0.2) is 0 Å². The highest BCUT2D eigenvalue weighted by Crippen LogP contribution is 2.57. The molecule has 80 valence electrons. The number of alkyl halides is 5. The van der Waals surface area contributed by atoms with Gasteiger partial charge in [-0.2, -0.15) is 17.6 Å². The third-order valence-electron chi connectivity index (χ3n) is 0.815. The van der Waals surface area contributed by atoms with E-state index in [1.165, 1.54) is 0 Å². The minimum absolute atomic E-state index is 1.98. The highest BCUT2D eigenvalue weighted by Gasteiger charge is 2.62.